The van der Waals surface area contributed by atoms with E-state index in [0.717, 1.165) is 58.6 Å². The van der Waals surface area contributed by atoms with Crippen molar-refractivity contribution in [2.24, 2.45) is 4.99 Å². The summed E-state index contributed by atoms with van der Waals surface area (Å²) in [5, 5.41) is 6.33. The van der Waals surface area contributed by atoms with Gasteiger partial charge in [0.1, 0.15) is 11.6 Å². The van der Waals surface area contributed by atoms with Gasteiger partial charge in [-0.1, -0.05) is 67.4 Å². The molecule has 0 fully saturated rings. The summed E-state index contributed by atoms with van der Waals surface area (Å²) in [6.45, 7) is 4.50. The van der Waals surface area contributed by atoms with Gasteiger partial charge < -0.3 is 14.8 Å². The Bertz CT molecular complexity index is 1830. The van der Waals surface area contributed by atoms with Crippen LogP contribution < -0.4 is 14.8 Å². The molecular weight excluding hydrogens is 564 g/mol. The summed E-state index contributed by atoms with van der Waals surface area (Å²) < 4.78 is 11.9. The van der Waals surface area contributed by atoms with E-state index in [9.17, 15) is 4.79 Å². The molecule has 1 aromatic heterocycles. The monoisotopic (exact) mass is 602 g/mol. The normalized spacial score (nSPS) is 13.3. The van der Waals surface area contributed by atoms with E-state index in [1.807, 2.05) is 62.5 Å². The van der Waals surface area contributed by atoms with Gasteiger partial charge in [0.15, 0.2) is 11.5 Å². The highest BCUT2D eigenvalue weighted by Gasteiger charge is 2.24. The number of hydrogen-bond donors (Lipinski definition) is 1. The van der Waals surface area contributed by atoms with Crippen LogP contribution in [0.4, 0.5) is 10.7 Å². The van der Waals surface area contributed by atoms with Crippen molar-refractivity contribution in [1.82, 2.24) is 0 Å². The number of nitrogens with one attached hydrogen (secondary N) is 1. The molecule has 44 heavy (non-hydrogen) atoms. The Balaban J connectivity index is 1.26. The molecule has 1 amide bonds. The molecule has 1 heterocycles. The molecule has 224 valence electrons. The van der Waals surface area contributed by atoms with E-state index >= 15 is 0 Å². The van der Waals surface area contributed by atoms with E-state index in [2.05, 4.69) is 41.7 Å². The lowest BCUT2D eigenvalue weighted by Gasteiger charge is -2.13. The van der Waals surface area contributed by atoms with E-state index in [1.54, 1.807) is 18.4 Å². The number of aryl methyl sites for hydroxylation is 3. The predicted octanol–water partition coefficient (Wildman–Crippen LogP) is 9.77. The van der Waals surface area contributed by atoms with Crippen LogP contribution in [0, 0.1) is 13.8 Å². The maximum absolute atomic E-state index is 13.8. The third-order valence-corrected chi connectivity index (χ3v) is 9.50. The summed E-state index contributed by atoms with van der Waals surface area (Å²) in [5.41, 5.74) is 6.88. The lowest BCUT2D eigenvalue weighted by atomic mass is 9.96. The van der Waals surface area contributed by atoms with Gasteiger partial charge in [0.2, 0.25) is 0 Å². The molecule has 0 spiro atoms. The number of thiophene rings is 1. The van der Waals surface area contributed by atoms with Crippen LogP contribution in [-0.4, -0.2) is 19.2 Å². The minimum atomic E-state index is -0.0845. The van der Waals surface area contributed by atoms with Gasteiger partial charge in [-0.15, -0.1) is 11.3 Å². The fourth-order valence-corrected chi connectivity index (χ4v) is 7.11. The summed E-state index contributed by atoms with van der Waals surface area (Å²) >= 11 is 1.66. The maximum atomic E-state index is 13.8. The Kier molecular flexibility index (Phi) is 9.08. The van der Waals surface area contributed by atoms with Gasteiger partial charge in [-0.2, -0.15) is 0 Å². The standard InChI is InChI=1S/C38H38N2O3S/c1-25-17-18-26(2)32(21-25)40-37(41)36-31-15-6-4-5-7-16-35(31)44-38(36)39-23-27-19-20-33(34(22-27)42-3)43-24-29-13-10-12-28-11-8-9-14-30(28)29/h8-14,17-23H,4-7,15-16,24H2,1-3H3,(H,40,41). The second-order valence-corrected chi connectivity index (χ2v) is 12.5. The Hall–Kier alpha value is -4.42. The largest absolute Gasteiger partial charge is 0.493 e. The minimum absolute atomic E-state index is 0.0845. The molecule has 0 bridgehead atoms. The van der Waals surface area contributed by atoms with Crippen LogP contribution in [-0.2, 0) is 19.4 Å². The number of amides is 1. The third kappa shape index (κ3) is 6.56. The number of hydrogen-bond acceptors (Lipinski definition) is 5. The van der Waals surface area contributed by atoms with E-state index < -0.39 is 0 Å². The molecule has 0 saturated carbocycles. The maximum Gasteiger partial charge on any atom is 0.259 e. The molecule has 0 unspecified atom stereocenters. The van der Waals surface area contributed by atoms with Crippen LogP contribution in [0.15, 0.2) is 83.9 Å². The second-order valence-electron chi connectivity index (χ2n) is 11.5. The van der Waals surface area contributed by atoms with Crippen LogP contribution in [0.1, 0.15) is 68.7 Å². The highest BCUT2D eigenvalue weighted by Crippen LogP contribution is 2.40. The molecule has 0 saturated heterocycles. The molecule has 5 aromatic rings. The zero-order chi connectivity index (χ0) is 30.5. The van der Waals surface area contributed by atoms with Crippen LogP contribution in [0.5, 0.6) is 11.5 Å². The van der Waals surface area contributed by atoms with E-state index in [1.165, 1.54) is 34.1 Å². The van der Waals surface area contributed by atoms with Crippen molar-refractivity contribution in [2.75, 3.05) is 12.4 Å². The van der Waals surface area contributed by atoms with Crippen molar-refractivity contribution < 1.29 is 14.3 Å². The molecule has 1 aliphatic carbocycles. The van der Waals surface area contributed by atoms with Gasteiger partial charge in [-0.05, 0) is 102 Å². The number of aliphatic imine (C=N–C) groups is 1. The lowest BCUT2D eigenvalue weighted by molar-refractivity contribution is 0.102. The topological polar surface area (TPSA) is 59.9 Å². The zero-order valence-electron chi connectivity index (χ0n) is 25.6. The van der Waals surface area contributed by atoms with Crippen LogP contribution in [0.3, 0.4) is 0 Å². The molecule has 4 aromatic carbocycles. The van der Waals surface area contributed by atoms with Crippen molar-refractivity contribution in [2.45, 2.75) is 59.0 Å². The SMILES string of the molecule is COc1cc(C=Nc2sc3c(c2C(=O)Nc2cc(C)ccc2C)CCCCCC3)ccc1OCc1cccc2ccccc12. The Labute approximate surface area is 263 Å². The van der Waals surface area contributed by atoms with Crippen LogP contribution in [0.25, 0.3) is 10.8 Å². The van der Waals surface area contributed by atoms with Crippen molar-refractivity contribution in [3.05, 3.63) is 117 Å². The Morgan fingerprint density at radius 1 is 0.909 bits per heavy atom. The first-order valence-corrected chi connectivity index (χ1v) is 16.2. The van der Waals surface area contributed by atoms with Gasteiger partial charge in [0.05, 0.1) is 12.7 Å². The summed E-state index contributed by atoms with van der Waals surface area (Å²) in [6, 6.07) is 26.6. The number of carbonyl (C=O) groups excluding carboxylic acids is 1. The van der Waals surface area contributed by atoms with Crippen LogP contribution >= 0.6 is 11.3 Å². The predicted molar refractivity (Wildman–Crippen MR) is 183 cm³/mol. The molecule has 0 aliphatic heterocycles. The van der Waals surface area contributed by atoms with Crippen molar-refractivity contribution >= 4 is 44.9 Å². The first-order valence-electron chi connectivity index (χ1n) is 15.3. The second kappa shape index (κ2) is 13.5. The molecular formula is C38H38N2O3S. The third-order valence-electron chi connectivity index (χ3n) is 8.30. The van der Waals surface area contributed by atoms with Gasteiger partial charge in [0.25, 0.3) is 5.91 Å². The first-order chi connectivity index (χ1) is 21.5. The smallest absolute Gasteiger partial charge is 0.259 e. The fourth-order valence-electron chi connectivity index (χ4n) is 5.88. The van der Waals surface area contributed by atoms with Gasteiger partial charge >= 0.3 is 0 Å². The number of rotatable bonds is 8. The minimum Gasteiger partial charge on any atom is -0.493 e. The highest BCUT2D eigenvalue weighted by molar-refractivity contribution is 7.16. The lowest BCUT2D eigenvalue weighted by Crippen LogP contribution is -2.15. The molecule has 6 heteroatoms. The summed E-state index contributed by atoms with van der Waals surface area (Å²) in [7, 11) is 1.65. The van der Waals surface area contributed by atoms with E-state index in [0.29, 0.717) is 23.7 Å². The zero-order valence-corrected chi connectivity index (χ0v) is 26.4. The van der Waals surface area contributed by atoms with E-state index in [4.69, 9.17) is 14.5 Å². The average molecular weight is 603 g/mol. The first kappa shape index (κ1) is 29.6. The van der Waals surface area contributed by atoms with Gasteiger partial charge in [-0.3, -0.25) is 4.79 Å². The molecule has 1 aliphatic rings. The molecule has 1 N–H and O–H groups in total. The quantitative estimate of drug-likeness (QED) is 0.180. The number of nitrogens with zero attached hydrogens (tertiary/aromatic N) is 1. The summed E-state index contributed by atoms with van der Waals surface area (Å²) in [4.78, 5) is 20.0. The van der Waals surface area contributed by atoms with E-state index in [-0.39, 0.29) is 5.91 Å². The number of benzene rings is 4. The number of fused-ring (bicyclic) bond motifs is 2. The molecule has 0 atom stereocenters. The Morgan fingerprint density at radius 3 is 2.59 bits per heavy atom. The highest BCUT2D eigenvalue weighted by atomic mass is 32.1. The van der Waals surface area contributed by atoms with Crippen molar-refractivity contribution in [3.63, 3.8) is 0 Å². The van der Waals surface area contributed by atoms with Crippen molar-refractivity contribution in [3.8, 4) is 11.5 Å². The summed E-state index contributed by atoms with van der Waals surface area (Å²) in [5.74, 6) is 1.23. The molecule has 6 rings (SSSR count). The number of carbonyl (C=O) groups is 1. The number of methoxy groups -OCH3 is 1. The van der Waals surface area contributed by atoms with Crippen LogP contribution in [0.2, 0.25) is 0 Å². The van der Waals surface area contributed by atoms with Crippen molar-refractivity contribution in [1.29, 1.82) is 0 Å². The average Bonchev–Trinajstić information content (AvgIpc) is 3.36. The fraction of sp³-hybridized carbons (Fsp3) is 0.263. The summed E-state index contributed by atoms with van der Waals surface area (Å²) in [6.07, 6.45) is 8.39. The number of anilines is 1. The van der Waals surface area contributed by atoms with Gasteiger partial charge in [0, 0.05) is 16.8 Å². The van der Waals surface area contributed by atoms with Gasteiger partial charge in [-0.25, -0.2) is 4.99 Å². The molecule has 0 radical (unpaired) electrons. The Morgan fingerprint density at radius 2 is 1.73 bits per heavy atom. The number of ether oxygens (including phenoxy) is 2. The molecule has 5 nitrogen and oxygen atoms in total.